The van der Waals surface area contributed by atoms with Crippen LogP contribution in [0.1, 0.15) is 41.7 Å². The van der Waals surface area contributed by atoms with Crippen LogP contribution in [0.4, 0.5) is 5.82 Å². The van der Waals surface area contributed by atoms with E-state index in [-0.39, 0.29) is 0 Å². The zero-order chi connectivity index (χ0) is 15.1. The predicted octanol–water partition coefficient (Wildman–Crippen LogP) is 1.36. The number of fused-ring (bicyclic) bond motifs is 1. The number of anilines is 1. The van der Waals surface area contributed by atoms with Gasteiger partial charge < -0.3 is 9.42 Å². The second-order valence-corrected chi connectivity index (χ2v) is 6.30. The number of rotatable bonds is 4. The fourth-order valence-corrected chi connectivity index (χ4v) is 2.93. The molecule has 0 bridgehead atoms. The third-order valence-corrected chi connectivity index (χ3v) is 4.27. The summed E-state index contributed by atoms with van der Waals surface area (Å²) in [5.74, 6) is 3.13. The molecule has 22 heavy (non-hydrogen) atoms. The van der Waals surface area contributed by atoms with Gasteiger partial charge in [-0.05, 0) is 12.8 Å². The number of hydrogen-bond acceptors (Lipinski definition) is 7. The molecule has 2 aromatic heterocycles. The molecular weight excluding hydrogens is 280 g/mol. The maximum atomic E-state index is 5.39. The highest BCUT2D eigenvalue weighted by Gasteiger charge is 2.29. The molecule has 0 atom stereocenters. The van der Waals surface area contributed by atoms with Crippen molar-refractivity contribution < 1.29 is 4.52 Å². The Morgan fingerprint density at radius 1 is 1.32 bits per heavy atom. The molecule has 2 aliphatic rings. The highest BCUT2D eigenvalue weighted by Crippen LogP contribution is 2.38. The molecule has 0 unspecified atom stereocenters. The smallest absolute Gasteiger partial charge is 0.240 e. The van der Waals surface area contributed by atoms with E-state index in [0.29, 0.717) is 18.4 Å². The Morgan fingerprint density at radius 3 is 2.95 bits per heavy atom. The molecule has 1 fully saturated rings. The van der Waals surface area contributed by atoms with Crippen molar-refractivity contribution in [2.45, 2.75) is 38.3 Å². The third-order valence-electron chi connectivity index (χ3n) is 4.27. The van der Waals surface area contributed by atoms with Crippen LogP contribution in [0.25, 0.3) is 0 Å². The molecule has 7 nitrogen and oxygen atoms in total. The lowest BCUT2D eigenvalue weighted by molar-refractivity contribution is 0.209. The zero-order valence-corrected chi connectivity index (χ0v) is 13.0. The Labute approximate surface area is 129 Å². The van der Waals surface area contributed by atoms with E-state index in [2.05, 4.69) is 25.0 Å². The summed E-state index contributed by atoms with van der Waals surface area (Å²) < 4.78 is 5.39. The fourth-order valence-electron chi connectivity index (χ4n) is 2.93. The standard InChI is InChI=1S/C15H20N6O/c1-20(2)15-11-7-21(6-5-12(11)16-9-17-15)8-13-18-14(19-22-13)10-3-4-10/h9-10H,3-8H2,1-2H3. The van der Waals surface area contributed by atoms with E-state index in [9.17, 15) is 0 Å². The normalized spacial score (nSPS) is 18.3. The molecule has 2 aromatic rings. The lowest BCUT2D eigenvalue weighted by atomic mass is 10.1. The molecule has 0 N–H and O–H groups in total. The Bertz CT molecular complexity index is 678. The predicted molar refractivity (Wildman–Crippen MR) is 80.5 cm³/mol. The summed E-state index contributed by atoms with van der Waals surface area (Å²) in [6, 6.07) is 0. The first kappa shape index (κ1) is 13.6. The second kappa shape index (κ2) is 5.31. The van der Waals surface area contributed by atoms with Gasteiger partial charge in [-0.25, -0.2) is 9.97 Å². The van der Waals surface area contributed by atoms with Gasteiger partial charge in [0.05, 0.1) is 12.2 Å². The Morgan fingerprint density at radius 2 is 2.18 bits per heavy atom. The Kier molecular flexibility index (Phi) is 3.29. The molecule has 7 heteroatoms. The van der Waals surface area contributed by atoms with Crippen LogP contribution in [0.3, 0.4) is 0 Å². The molecule has 1 saturated carbocycles. The second-order valence-electron chi connectivity index (χ2n) is 6.30. The van der Waals surface area contributed by atoms with E-state index in [1.165, 1.54) is 18.4 Å². The molecule has 3 heterocycles. The molecule has 1 aliphatic heterocycles. The van der Waals surface area contributed by atoms with E-state index in [1.54, 1.807) is 6.33 Å². The summed E-state index contributed by atoms with van der Waals surface area (Å²) in [6.07, 6.45) is 4.98. The molecule has 4 rings (SSSR count). The highest BCUT2D eigenvalue weighted by molar-refractivity contribution is 5.48. The summed E-state index contributed by atoms with van der Waals surface area (Å²) in [7, 11) is 4.03. The van der Waals surface area contributed by atoms with Crippen molar-refractivity contribution in [3.05, 3.63) is 29.3 Å². The minimum absolute atomic E-state index is 0.535. The fraction of sp³-hybridized carbons (Fsp3) is 0.600. The lowest BCUT2D eigenvalue weighted by Gasteiger charge is -2.29. The van der Waals surface area contributed by atoms with E-state index >= 15 is 0 Å². The Balaban J connectivity index is 1.50. The summed E-state index contributed by atoms with van der Waals surface area (Å²) >= 11 is 0. The molecule has 0 aromatic carbocycles. The summed E-state index contributed by atoms with van der Waals surface area (Å²) in [5, 5.41) is 4.09. The van der Waals surface area contributed by atoms with Crippen LogP contribution in [-0.4, -0.2) is 45.6 Å². The quantitative estimate of drug-likeness (QED) is 0.844. The van der Waals surface area contributed by atoms with E-state index in [1.807, 2.05) is 19.0 Å². The van der Waals surface area contributed by atoms with Crippen molar-refractivity contribution in [1.29, 1.82) is 0 Å². The summed E-state index contributed by atoms with van der Waals surface area (Å²) in [4.78, 5) is 17.7. The monoisotopic (exact) mass is 300 g/mol. The van der Waals surface area contributed by atoms with Crippen molar-refractivity contribution in [1.82, 2.24) is 25.0 Å². The average molecular weight is 300 g/mol. The van der Waals surface area contributed by atoms with Gasteiger partial charge in [0, 0.05) is 45.1 Å². The van der Waals surface area contributed by atoms with Gasteiger partial charge in [-0.15, -0.1) is 0 Å². The maximum absolute atomic E-state index is 5.39. The van der Waals surface area contributed by atoms with Crippen molar-refractivity contribution >= 4 is 5.82 Å². The number of hydrogen-bond donors (Lipinski definition) is 0. The first-order valence-corrected chi connectivity index (χ1v) is 7.75. The van der Waals surface area contributed by atoms with Crippen LogP contribution in [0.15, 0.2) is 10.9 Å². The van der Waals surface area contributed by atoms with Crippen molar-refractivity contribution in [2.75, 3.05) is 25.5 Å². The molecule has 116 valence electrons. The number of nitrogens with zero attached hydrogens (tertiary/aromatic N) is 6. The van der Waals surface area contributed by atoms with Crippen molar-refractivity contribution in [2.24, 2.45) is 0 Å². The molecule has 0 amide bonds. The molecule has 1 aliphatic carbocycles. The maximum Gasteiger partial charge on any atom is 0.240 e. The van der Waals surface area contributed by atoms with E-state index < -0.39 is 0 Å². The van der Waals surface area contributed by atoms with Crippen molar-refractivity contribution in [3.63, 3.8) is 0 Å². The van der Waals surface area contributed by atoms with E-state index in [4.69, 9.17) is 4.52 Å². The van der Waals surface area contributed by atoms with Gasteiger partial charge in [0.15, 0.2) is 5.82 Å². The molecule has 0 spiro atoms. The lowest BCUT2D eigenvalue weighted by Crippen LogP contribution is -2.32. The average Bonchev–Trinajstić information content (AvgIpc) is 3.27. The van der Waals surface area contributed by atoms with Crippen molar-refractivity contribution in [3.8, 4) is 0 Å². The molecule has 0 radical (unpaired) electrons. The minimum atomic E-state index is 0.535. The largest absolute Gasteiger partial charge is 0.362 e. The first-order chi connectivity index (χ1) is 10.7. The van der Waals surface area contributed by atoms with E-state index in [0.717, 1.165) is 36.8 Å². The van der Waals surface area contributed by atoms with Gasteiger partial charge in [0.25, 0.3) is 0 Å². The highest BCUT2D eigenvalue weighted by atomic mass is 16.5. The van der Waals surface area contributed by atoms with Gasteiger partial charge in [-0.2, -0.15) is 4.98 Å². The van der Waals surface area contributed by atoms with Crippen LogP contribution in [0, 0.1) is 0 Å². The van der Waals surface area contributed by atoms with Crippen LogP contribution >= 0.6 is 0 Å². The Hall–Kier alpha value is -2.02. The summed E-state index contributed by atoms with van der Waals surface area (Å²) in [5.41, 5.74) is 2.36. The number of aromatic nitrogens is 4. The van der Waals surface area contributed by atoms with Crippen LogP contribution in [0.5, 0.6) is 0 Å². The topological polar surface area (TPSA) is 71.2 Å². The van der Waals surface area contributed by atoms with Gasteiger partial charge in [0.1, 0.15) is 12.1 Å². The van der Waals surface area contributed by atoms with Gasteiger partial charge >= 0.3 is 0 Å². The first-order valence-electron chi connectivity index (χ1n) is 7.75. The molecular formula is C15H20N6O. The molecule has 0 saturated heterocycles. The van der Waals surface area contributed by atoms with Crippen LogP contribution in [-0.2, 0) is 19.5 Å². The zero-order valence-electron chi connectivity index (χ0n) is 13.0. The van der Waals surface area contributed by atoms with Crippen LogP contribution < -0.4 is 4.90 Å². The van der Waals surface area contributed by atoms with Gasteiger partial charge in [-0.3, -0.25) is 4.90 Å². The van der Waals surface area contributed by atoms with Gasteiger partial charge in [0.2, 0.25) is 5.89 Å². The minimum Gasteiger partial charge on any atom is -0.362 e. The SMILES string of the molecule is CN(C)c1ncnc2c1CN(Cc1nc(C3CC3)no1)CC2. The summed E-state index contributed by atoms with van der Waals surface area (Å²) in [6.45, 7) is 2.48. The van der Waals surface area contributed by atoms with Gasteiger partial charge in [-0.1, -0.05) is 5.16 Å². The third kappa shape index (κ3) is 2.56. The van der Waals surface area contributed by atoms with Crippen LogP contribution in [0.2, 0.25) is 0 Å².